The van der Waals surface area contributed by atoms with Crippen LogP contribution in [-0.2, 0) is 18.3 Å². The van der Waals surface area contributed by atoms with E-state index in [-0.39, 0.29) is 35.8 Å². The van der Waals surface area contributed by atoms with Gasteiger partial charge in [0.05, 0.1) is 13.2 Å². The van der Waals surface area contributed by atoms with Crippen LogP contribution >= 0.6 is 24.0 Å². The fourth-order valence-electron chi connectivity index (χ4n) is 3.92. The van der Waals surface area contributed by atoms with Crippen LogP contribution in [0.4, 0.5) is 10.2 Å². The molecule has 0 aliphatic carbocycles. The number of morpholine rings is 1. The molecule has 0 saturated carbocycles. The van der Waals surface area contributed by atoms with E-state index in [2.05, 4.69) is 30.7 Å². The van der Waals surface area contributed by atoms with Crippen molar-refractivity contribution in [2.75, 3.05) is 57.4 Å². The molecule has 33 heavy (non-hydrogen) atoms. The number of anilines is 1. The first kappa shape index (κ1) is 25.6. The molecule has 2 aliphatic heterocycles. The first-order valence-corrected chi connectivity index (χ1v) is 11.2. The molecule has 2 aliphatic rings. The van der Waals surface area contributed by atoms with Crippen molar-refractivity contribution >= 4 is 35.8 Å². The topological polar surface area (TPSA) is 95.7 Å². The minimum Gasteiger partial charge on any atom is -0.379 e. The van der Waals surface area contributed by atoms with E-state index in [0.717, 1.165) is 70.0 Å². The number of rotatable bonds is 7. The molecular formula is C21H33FIN9O. The van der Waals surface area contributed by atoms with Gasteiger partial charge in [0.25, 0.3) is 0 Å². The molecule has 1 atom stereocenters. The zero-order valence-corrected chi connectivity index (χ0v) is 21.5. The van der Waals surface area contributed by atoms with E-state index in [1.54, 1.807) is 12.3 Å². The maximum Gasteiger partial charge on any atom is 0.192 e. The van der Waals surface area contributed by atoms with Crippen LogP contribution in [0.3, 0.4) is 0 Å². The second-order valence-electron chi connectivity index (χ2n) is 8.15. The number of aryl methyl sites for hydroxylation is 1. The van der Waals surface area contributed by atoms with Crippen molar-refractivity contribution in [3.8, 4) is 0 Å². The Bertz CT molecular complexity index is 919. The van der Waals surface area contributed by atoms with Gasteiger partial charge in [-0.3, -0.25) is 4.90 Å². The number of nitrogens with one attached hydrogen (secondary N) is 2. The highest BCUT2D eigenvalue weighted by molar-refractivity contribution is 14.0. The van der Waals surface area contributed by atoms with Gasteiger partial charge in [-0.25, -0.2) is 14.4 Å². The summed E-state index contributed by atoms with van der Waals surface area (Å²) in [5.74, 6) is 2.51. The van der Waals surface area contributed by atoms with Gasteiger partial charge in [0.2, 0.25) is 0 Å². The van der Waals surface area contributed by atoms with Crippen molar-refractivity contribution in [1.29, 1.82) is 0 Å². The monoisotopic (exact) mass is 573 g/mol. The maximum absolute atomic E-state index is 14.1. The van der Waals surface area contributed by atoms with Gasteiger partial charge in [0, 0.05) is 58.6 Å². The molecule has 12 heteroatoms. The van der Waals surface area contributed by atoms with Crippen LogP contribution in [0.25, 0.3) is 0 Å². The SMILES string of the molecule is Cc1nnc(CN=C(NCCN2CCOCC2)NC2CCN(c3ncccc3F)C2)n1C.I. The minimum atomic E-state index is -0.289. The van der Waals surface area contributed by atoms with Gasteiger partial charge >= 0.3 is 0 Å². The Morgan fingerprint density at radius 3 is 2.82 bits per heavy atom. The number of hydrogen-bond donors (Lipinski definition) is 2. The molecule has 182 valence electrons. The van der Waals surface area contributed by atoms with E-state index in [4.69, 9.17) is 9.73 Å². The lowest BCUT2D eigenvalue weighted by Crippen LogP contribution is -2.48. The summed E-state index contributed by atoms with van der Waals surface area (Å²) >= 11 is 0. The van der Waals surface area contributed by atoms with Gasteiger partial charge in [0.15, 0.2) is 23.4 Å². The summed E-state index contributed by atoms with van der Waals surface area (Å²) in [4.78, 5) is 13.3. The number of aromatic nitrogens is 4. The van der Waals surface area contributed by atoms with Gasteiger partial charge in [-0.2, -0.15) is 0 Å². The van der Waals surface area contributed by atoms with Crippen LogP contribution in [0.1, 0.15) is 18.1 Å². The lowest BCUT2D eigenvalue weighted by Gasteiger charge is -2.27. The number of nitrogens with zero attached hydrogens (tertiary/aromatic N) is 7. The third kappa shape index (κ3) is 6.96. The predicted molar refractivity (Wildman–Crippen MR) is 136 cm³/mol. The van der Waals surface area contributed by atoms with E-state index >= 15 is 0 Å². The fourth-order valence-corrected chi connectivity index (χ4v) is 3.92. The second-order valence-corrected chi connectivity index (χ2v) is 8.15. The maximum atomic E-state index is 14.1. The summed E-state index contributed by atoms with van der Waals surface area (Å²) in [5.41, 5.74) is 0. The highest BCUT2D eigenvalue weighted by Gasteiger charge is 2.26. The smallest absolute Gasteiger partial charge is 0.192 e. The summed E-state index contributed by atoms with van der Waals surface area (Å²) in [5, 5.41) is 15.3. The molecule has 0 amide bonds. The van der Waals surface area contributed by atoms with E-state index in [1.165, 1.54) is 6.07 Å². The first-order chi connectivity index (χ1) is 15.6. The number of guanidine groups is 1. The van der Waals surface area contributed by atoms with Crippen molar-refractivity contribution in [1.82, 2.24) is 35.3 Å². The van der Waals surface area contributed by atoms with E-state index < -0.39 is 0 Å². The van der Waals surface area contributed by atoms with Gasteiger partial charge in [-0.1, -0.05) is 0 Å². The first-order valence-electron chi connectivity index (χ1n) is 11.2. The third-order valence-corrected chi connectivity index (χ3v) is 5.95. The molecule has 1 unspecified atom stereocenters. The summed E-state index contributed by atoms with van der Waals surface area (Å²) in [6.45, 7) is 8.92. The average Bonchev–Trinajstić information content (AvgIpc) is 3.40. The molecule has 10 nitrogen and oxygen atoms in total. The highest BCUT2D eigenvalue weighted by Crippen LogP contribution is 2.20. The summed E-state index contributed by atoms with van der Waals surface area (Å²) in [6.07, 6.45) is 2.51. The molecule has 2 N–H and O–H groups in total. The molecule has 4 heterocycles. The van der Waals surface area contributed by atoms with Crippen molar-refractivity contribution in [3.63, 3.8) is 0 Å². The lowest BCUT2D eigenvalue weighted by atomic mass is 10.3. The summed E-state index contributed by atoms with van der Waals surface area (Å²) in [7, 11) is 1.94. The van der Waals surface area contributed by atoms with Gasteiger partial charge < -0.3 is 24.8 Å². The second kappa shape index (κ2) is 12.4. The normalized spacial score (nSPS) is 19.4. The molecular weight excluding hydrogens is 540 g/mol. The number of pyridine rings is 1. The molecule has 2 saturated heterocycles. The molecule has 4 rings (SSSR count). The predicted octanol–water partition coefficient (Wildman–Crippen LogP) is 0.922. The molecule has 2 aromatic rings. The molecule has 2 fully saturated rings. The Balaban J connectivity index is 0.00000306. The average molecular weight is 573 g/mol. The largest absolute Gasteiger partial charge is 0.379 e. The molecule has 0 spiro atoms. The van der Waals surface area contributed by atoms with Crippen molar-refractivity contribution < 1.29 is 9.13 Å². The Hall–Kier alpha value is -2.06. The van der Waals surface area contributed by atoms with Crippen LogP contribution in [-0.4, -0.2) is 89.1 Å². The van der Waals surface area contributed by atoms with Crippen LogP contribution in [0, 0.1) is 12.7 Å². The Morgan fingerprint density at radius 1 is 1.27 bits per heavy atom. The van der Waals surface area contributed by atoms with Crippen LogP contribution in [0.5, 0.6) is 0 Å². The van der Waals surface area contributed by atoms with Crippen molar-refractivity contribution in [2.24, 2.45) is 12.0 Å². The zero-order chi connectivity index (χ0) is 22.3. The fraction of sp³-hybridized carbons (Fsp3) is 0.619. The van der Waals surface area contributed by atoms with Crippen molar-refractivity contribution in [2.45, 2.75) is 25.9 Å². The van der Waals surface area contributed by atoms with Gasteiger partial charge in [-0.15, -0.1) is 34.2 Å². The molecule has 0 aromatic carbocycles. The minimum absolute atomic E-state index is 0. The molecule has 0 bridgehead atoms. The zero-order valence-electron chi connectivity index (χ0n) is 19.2. The molecule has 0 radical (unpaired) electrons. The summed E-state index contributed by atoms with van der Waals surface area (Å²) < 4.78 is 21.5. The van der Waals surface area contributed by atoms with Crippen LogP contribution in [0.2, 0.25) is 0 Å². The van der Waals surface area contributed by atoms with E-state index in [9.17, 15) is 4.39 Å². The van der Waals surface area contributed by atoms with Crippen LogP contribution in [0.15, 0.2) is 23.3 Å². The van der Waals surface area contributed by atoms with Crippen molar-refractivity contribution in [3.05, 3.63) is 35.8 Å². The Labute approximate surface area is 211 Å². The lowest BCUT2D eigenvalue weighted by molar-refractivity contribution is 0.0389. The third-order valence-electron chi connectivity index (χ3n) is 5.95. The van der Waals surface area contributed by atoms with Gasteiger partial charge in [0.1, 0.15) is 12.4 Å². The Morgan fingerprint density at radius 2 is 2.09 bits per heavy atom. The van der Waals surface area contributed by atoms with E-state index in [1.807, 2.05) is 23.4 Å². The molecule has 2 aromatic heterocycles. The highest BCUT2D eigenvalue weighted by atomic mass is 127. The quantitative estimate of drug-likeness (QED) is 0.287. The number of aliphatic imine (C=N–C) groups is 1. The standard InChI is InChI=1S/C21H32FN9O.HI/c1-16-27-28-19(29(16)2)14-25-21(24-7-9-30-10-12-32-13-11-30)26-17-5-8-31(15-17)20-18(22)4-3-6-23-20;/h3-4,6,17H,5,7-15H2,1-2H3,(H2,24,25,26);1H. The number of halogens is 2. The number of ether oxygens (including phenoxy) is 1. The van der Waals surface area contributed by atoms with Gasteiger partial charge in [-0.05, 0) is 25.5 Å². The van der Waals surface area contributed by atoms with Crippen LogP contribution < -0.4 is 15.5 Å². The summed E-state index contributed by atoms with van der Waals surface area (Å²) in [6, 6.07) is 3.21. The number of hydrogen-bond acceptors (Lipinski definition) is 7. The van der Waals surface area contributed by atoms with E-state index in [0.29, 0.717) is 18.9 Å². The Kier molecular flexibility index (Phi) is 9.62.